The molecule has 2 atom stereocenters. The van der Waals surface area contributed by atoms with Gasteiger partial charge in [-0.3, -0.25) is 4.99 Å². The zero-order valence-corrected chi connectivity index (χ0v) is 15.4. The number of hydrogen-bond acceptors (Lipinski definition) is 6. The SMILES string of the molecule is OC1(c2ccc3c(c2)OCO3)C(c2cccc(F)c2)SC2=NCCCCN21. The van der Waals surface area contributed by atoms with Gasteiger partial charge in [0.05, 0.1) is 5.25 Å². The third-order valence-electron chi connectivity index (χ3n) is 5.22. The van der Waals surface area contributed by atoms with Crippen LogP contribution in [0.3, 0.4) is 0 Å². The zero-order chi connectivity index (χ0) is 18.4. The minimum absolute atomic E-state index is 0.176. The molecule has 5 nitrogen and oxygen atoms in total. The number of nitrogens with zero attached hydrogens (tertiary/aromatic N) is 2. The third-order valence-corrected chi connectivity index (χ3v) is 6.61. The van der Waals surface area contributed by atoms with E-state index in [1.807, 2.05) is 29.2 Å². The molecule has 0 bridgehead atoms. The quantitative estimate of drug-likeness (QED) is 0.854. The largest absolute Gasteiger partial charge is 0.454 e. The highest BCUT2D eigenvalue weighted by atomic mass is 32.2. The van der Waals surface area contributed by atoms with Crippen LogP contribution < -0.4 is 9.47 Å². The van der Waals surface area contributed by atoms with Crippen molar-refractivity contribution in [3.63, 3.8) is 0 Å². The molecule has 0 radical (unpaired) electrons. The van der Waals surface area contributed by atoms with Crippen LogP contribution in [0.2, 0.25) is 0 Å². The molecule has 0 spiro atoms. The number of fused-ring (bicyclic) bond motifs is 2. The Morgan fingerprint density at radius 2 is 2.04 bits per heavy atom. The first-order valence-electron chi connectivity index (χ1n) is 9.03. The van der Waals surface area contributed by atoms with Crippen molar-refractivity contribution in [2.45, 2.75) is 23.8 Å². The molecule has 3 aliphatic rings. The van der Waals surface area contributed by atoms with Gasteiger partial charge in [0.15, 0.2) is 22.4 Å². The van der Waals surface area contributed by atoms with Crippen molar-refractivity contribution in [1.82, 2.24) is 4.90 Å². The average molecular weight is 386 g/mol. The molecule has 1 saturated heterocycles. The van der Waals surface area contributed by atoms with Crippen LogP contribution in [0.1, 0.15) is 29.2 Å². The summed E-state index contributed by atoms with van der Waals surface area (Å²) in [5, 5.41) is 12.4. The van der Waals surface area contributed by atoms with Gasteiger partial charge in [-0.2, -0.15) is 0 Å². The summed E-state index contributed by atoms with van der Waals surface area (Å²) in [6.07, 6.45) is 1.93. The first kappa shape index (κ1) is 16.9. The molecule has 1 N–H and O–H groups in total. The number of hydrogen-bond donors (Lipinski definition) is 1. The van der Waals surface area contributed by atoms with Gasteiger partial charge >= 0.3 is 0 Å². The Morgan fingerprint density at radius 1 is 1.15 bits per heavy atom. The number of amidine groups is 1. The second kappa shape index (κ2) is 6.42. The van der Waals surface area contributed by atoms with E-state index in [1.54, 1.807) is 6.07 Å². The van der Waals surface area contributed by atoms with Gasteiger partial charge in [-0.25, -0.2) is 4.39 Å². The van der Waals surface area contributed by atoms with Gasteiger partial charge in [0.25, 0.3) is 0 Å². The van der Waals surface area contributed by atoms with Gasteiger partial charge in [0, 0.05) is 18.7 Å². The van der Waals surface area contributed by atoms with E-state index in [1.165, 1.54) is 23.9 Å². The summed E-state index contributed by atoms with van der Waals surface area (Å²) in [6, 6.07) is 11.9. The van der Waals surface area contributed by atoms with E-state index in [0.717, 1.165) is 30.1 Å². The van der Waals surface area contributed by atoms with Crippen LogP contribution in [0.15, 0.2) is 47.5 Å². The fourth-order valence-electron chi connectivity index (χ4n) is 3.89. The van der Waals surface area contributed by atoms with Crippen molar-refractivity contribution >= 4 is 16.9 Å². The maximum absolute atomic E-state index is 13.9. The summed E-state index contributed by atoms with van der Waals surface area (Å²) in [7, 11) is 0. The summed E-state index contributed by atoms with van der Waals surface area (Å²) >= 11 is 1.49. The molecule has 7 heteroatoms. The van der Waals surface area contributed by atoms with Crippen LogP contribution in [0.5, 0.6) is 11.5 Å². The van der Waals surface area contributed by atoms with E-state index >= 15 is 0 Å². The Bertz CT molecular complexity index is 922. The molecule has 0 aromatic heterocycles. The minimum Gasteiger partial charge on any atom is -0.454 e. The maximum Gasteiger partial charge on any atom is 0.231 e. The lowest BCUT2D eigenvalue weighted by Gasteiger charge is -2.38. The summed E-state index contributed by atoms with van der Waals surface area (Å²) in [6.45, 7) is 1.62. The van der Waals surface area contributed by atoms with Crippen LogP contribution in [0, 0.1) is 5.82 Å². The third kappa shape index (κ3) is 2.68. The predicted molar refractivity (Wildman–Crippen MR) is 101 cm³/mol. The maximum atomic E-state index is 13.9. The molecule has 0 aliphatic carbocycles. The van der Waals surface area contributed by atoms with Gasteiger partial charge in [-0.15, -0.1) is 0 Å². The molecule has 27 heavy (non-hydrogen) atoms. The Balaban J connectivity index is 1.66. The molecule has 3 heterocycles. The van der Waals surface area contributed by atoms with Crippen molar-refractivity contribution in [3.05, 3.63) is 59.4 Å². The number of aliphatic imine (C=N–C) groups is 1. The van der Waals surface area contributed by atoms with Crippen LogP contribution >= 0.6 is 11.8 Å². The monoisotopic (exact) mass is 386 g/mol. The Labute approximate surface area is 160 Å². The molecule has 140 valence electrons. The van der Waals surface area contributed by atoms with Gasteiger partial charge in [0.2, 0.25) is 6.79 Å². The van der Waals surface area contributed by atoms with Crippen molar-refractivity contribution < 1.29 is 19.0 Å². The Hall–Kier alpha value is -2.25. The highest BCUT2D eigenvalue weighted by Gasteiger charge is 2.53. The van der Waals surface area contributed by atoms with E-state index < -0.39 is 11.0 Å². The van der Waals surface area contributed by atoms with E-state index in [-0.39, 0.29) is 12.6 Å². The second-order valence-corrected chi connectivity index (χ2v) is 7.94. The van der Waals surface area contributed by atoms with E-state index in [2.05, 4.69) is 4.99 Å². The van der Waals surface area contributed by atoms with Crippen LogP contribution in [0.25, 0.3) is 0 Å². The van der Waals surface area contributed by atoms with E-state index in [4.69, 9.17) is 9.47 Å². The zero-order valence-electron chi connectivity index (χ0n) is 14.6. The fraction of sp³-hybridized carbons (Fsp3) is 0.350. The summed E-state index contributed by atoms with van der Waals surface area (Å²) in [5.41, 5.74) is 0.0827. The molecule has 5 rings (SSSR count). The minimum atomic E-state index is -1.34. The molecule has 1 fully saturated rings. The molecule has 0 amide bonds. The standard InChI is InChI=1S/C20H19FN2O3S/c21-15-5-3-4-13(10-15)18-20(24,23-9-2-1-8-22-19(23)27-18)14-6-7-16-17(11-14)26-12-25-16/h3-7,10-11,18,24H,1-2,8-9,12H2. The topological polar surface area (TPSA) is 54.3 Å². The lowest BCUT2D eigenvalue weighted by atomic mass is 9.92. The Kier molecular flexibility index (Phi) is 4.02. The highest BCUT2D eigenvalue weighted by Crippen LogP contribution is 2.55. The molecule has 2 aromatic carbocycles. The van der Waals surface area contributed by atoms with E-state index in [0.29, 0.717) is 23.6 Å². The number of halogens is 1. The molecular weight excluding hydrogens is 367 g/mol. The van der Waals surface area contributed by atoms with Crippen LogP contribution in [-0.2, 0) is 5.72 Å². The number of benzene rings is 2. The van der Waals surface area contributed by atoms with Crippen LogP contribution in [0.4, 0.5) is 4.39 Å². The van der Waals surface area contributed by atoms with Gasteiger partial charge in [0.1, 0.15) is 5.82 Å². The normalized spacial score (nSPS) is 26.5. The van der Waals surface area contributed by atoms with Crippen molar-refractivity contribution in [2.24, 2.45) is 4.99 Å². The van der Waals surface area contributed by atoms with Crippen molar-refractivity contribution in [2.75, 3.05) is 19.9 Å². The highest BCUT2D eigenvalue weighted by molar-refractivity contribution is 8.14. The molecule has 0 saturated carbocycles. The number of ether oxygens (including phenoxy) is 2. The number of thioether (sulfide) groups is 1. The van der Waals surface area contributed by atoms with Crippen LogP contribution in [-0.4, -0.2) is 35.1 Å². The Morgan fingerprint density at radius 3 is 2.93 bits per heavy atom. The summed E-state index contributed by atoms with van der Waals surface area (Å²) in [5.74, 6) is 0.967. The fourth-order valence-corrected chi connectivity index (χ4v) is 5.33. The van der Waals surface area contributed by atoms with Crippen molar-refractivity contribution in [3.8, 4) is 11.5 Å². The number of aliphatic hydroxyl groups is 1. The van der Waals surface area contributed by atoms with Gasteiger partial charge < -0.3 is 19.5 Å². The molecular formula is C20H19FN2O3S. The lowest BCUT2D eigenvalue weighted by Crippen LogP contribution is -2.46. The van der Waals surface area contributed by atoms with E-state index in [9.17, 15) is 9.50 Å². The predicted octanol–water partition coefficient (Wildman–Crippen LogP) is 3.64. The second-order valence-electron chi connectivity index (χ2n) is 6.87. The smallest absolute Gasteiger partial charge is 0.231 e. The van der Waals surface area contributed by atoms with Gasteiger partial charge in [-0.05, 0) is 42.7 Å². The average Bonchev–Trinajstić information content (AvgIpc) is 3.16. The lowest BCUT2D eigenvalue weighted by molar-refractivity contribution is -0.0713. The summed E-state index contributed by atoms with van der Waals surface area (Å²) in [4.78, 5) is 6.63. The van der Waals surface area contributed by atoms with Crippen molar-refractivity contribution in [1.29, 1.82) is 0 Å². The van der Waals surface area contributed by atoms with Gasteiger partial charge in [-0.1, -0.05) is 30.0 Å². The molecule has 3 aliphatic heterocycles. The first-order chi connectivity index (χ1) is 13.2. The molecule has 2 unspecified atom stereocenters. The first-order valence-corrected chi connectivity index (χ1v) is 9.91. The summed E-state index contributed by atoms with van der Waals surface area (Å²) < 4.78 is 24.8. The molecule has 2 aromatic rings. The number of rotatable bonds is 2.